The van der Waals surface area contributed by atoms with E-state index in [0.717, 1.165) is 37.9 Å². The third-order valence-electron chi connectivity index (χ3n) is 3.44. The highest BCUT2D eigenvalue weighted by Gasteiger charge is 2.19. The Morgan fingerprint density at radius 3 is 2.76 bits per heavy atom. The Bertz CT molecular complexity index is 331. The zero-order valence-corrected chi connectivity index (χ0v) is 10.8. The Hall–Kier alpha value is -0.940. The molecule has 1 aliphatic heterocycles. The summed E-state index contributed by atoms with van der Waals surface area (Å²) in [6, 6.07) is 0. The topological polar surface area (TPSA) is 54.2 Å². The largest absolute Gasteiger partial charge is 0.340 e. The molecule has 0 amide bonds. The quantitative estimate of drug-likeness (QED) is 0.835. The highest BCUT2D eigenvalue weighted by atomic mass is 16.5. The second-order valence-corrected chi connectivity index (χ2v) is 4.84. The van der Waals surface area contributed by atoms with Crippen molar-refractivity contribution in [1.29, 1.82) is 0 Å². The minimum absolute atomic E-state index is 0.656. The fraction of sp³-hybridized carbons (Fsp3) is 0.833. The van der Waals surface area contributed by atoms with Crippen LogP contribution < -0.4 is 5.32 Å². The molecule has 1 saturated heterocycles. The maximum Gasteiger partial charge on any atom is 0.223 e. The van der Waals surface area contributed by atoms with Gasteiger partial charge in [0.1, 0.15) is 0 Å². The van der Waals surface area contributed by atoms with E-state index in [4.69, 9.17) is 4.52 Å². The lowest BCUT2D eigenvalue weighted by Gasteiger charge is -2.31. The zero-order chi connectivity index (χ0) is 12.1. The first-order valence-electron chi connectivity index (χ1n) is 6.44. The summed E-state index contributed by atoms with van der Waals surface area (Å²) in [5, 5.41) is 7.16. The molecule has 0 radical (unpaired) electrons. The maximum atomic E-state index is 4.98. The van der Waals surface area contributed by atoms with Crippen molar-refractivity contribution in [1.82, 2.24) is 20.4 Å². The molecule has 96 valence electrons. The number of hydrogen-bond acceptors (Lipinski definition) is 5. The van der Waals surface area contributed by atoms with Crippen LogP contribution in [-0.4, -0.2) is 41.7 Å². The van der Waals surface area contributed by atoms with Gasteiger partial charge in [-0.1, -0.05) is 5.16 Å². The summed E-state index contributed by atoms with van der Waals surface area (Å²) < 4.78 is 4.98. The van der Waals surface area contributed by atoms with E-state index in [9.17, 15) is 0 Å². The smallest absolute Gasteiger partial charge is 0.223 e. The van der Waals surface area contributed by atoms with E-state index < -0.39 is 0 Å². The van der Waals surface area contributed by atoms with Crippen molar-refractivity contribution < 1.29 is 4.52 Å². The molecule has 0 atom stereocenters. The number of likely N-dealkylation sites (tertiary alicyclic amines) is 1. The minimum Gasteiger partial charge on any atom is -0.340 e. The molecule has 0 spiro atoms. The third kappa shape index (κ3) is 3.78. The first kappa shape index (κ1) is 12.5. The molecule has 1 aromatic heterocycles. The lowest BCUT2D eigenvalue weighted by atomic mass is 9.93. The molecular formula is C12H22N4O. The predicted octanol–water partition coefficient (Wildman–Crippen LogP) is 1.20. The molecule has 1 aliphatic rings. The molecule has 0 unspecified atom stereocenters. The Kier molecular flexibility index (Phi) is 4.50. The summed E-state index contributed by atoms with van der Waals surface area (Å²) in [5.41, 5.74) is 0. The van der Waals surface area contributed by atoms with Crippen LogP contribution in [-0.2, 0) is 6.54 Å². The summed E-state index contributed by atoms with van der Waals surface area (Å²) in [6.07, 6.45) is 3.88. The van der Waals surface area contributed by atoms with Crippen molar-refractivity contribution in [3.05, 3.63) is 11.7 Å². The molecular weight excluding hydrogens is 216 g/mol. The Labute approximate surface area is 103 Å². The number of aromatic nitrogens is 2. The van der Waals surface area contributed by atoms with E-state index in [1.807, 2.05) is 14.0 Å². The van der Waals surface area contributed by atoms with Gasteiger partial charge >= 0.3 is 0 Å². The molecule has 2 heterocycles. The van der Waals surface area contributed by atoms with Gasteiger partial charge in [-0.05, 0) is 51.9 Å². The fourth-order valence-corrected chi connectivity index (χ4v) is 2.39. The van der Waals surface area contributed by atoms with Crippen LogP contribution in [0.1, 0.15) is 31.0 Å². The van der Waals surface area contributed by atoms with Crippen LogP contribution in [0, 0.1) is 12.8 Å². The maximum absolute atomic E-state index is 4.98. The molecule has 0 aliphatic carbocycles. The van der Waals surface area contributed by atoms with Gasteiger partial charge in [-0.15, -0.1) is 0 Å². The van der Waals surface area contributed by atoms with E-state index in [-0.39, 0.29) is 0 Å². The standard InChI is InChI=1S/C12H22N4O/c1-10-14-12(15-17-10)9-16-7-4-11(5-8-16)3-6-13-2/h11,13H,3-9H2,1-2H3. The van der Waals surface area contributed by atoms with Crippen molar-refractivity contribution in [3.63, 3.8) is 0 Å². The third-order valence-corrected chi connectivity index (χ3v) is 3.44. The number of piperidine rings is 1. The van der Waals surface area contributed by atoms with E-state index in [0.29, 0.717) is 5.89 Å². The monoisotopic (exact) mass is 238 g/mol. The van der Waals surface area contributed by atoms with Crippen LogP contribution in [0.4, 0.5) is 0 Å². The SMILES string of the molecule is CNCCC1CCN(Cc2noc(C)n2)CC1. The van der Waals surface area contributed by atoms with Gasteiger partial charge in [0.2, 0.25) is 5.89 Å². The summed E-state index contributed by atoms with van der Waals surface area (Å²) >= 11 is 0. The molecule has 1 fully saturated rings. The van der Waals surface area contributed by atoms with Gasteiger partial charge in [-0.2, -0.15) is 4.98 Å². The molecule has 17 heavy (non-hydrogen) atoms. The van der Waals surface area contributed by atoms with E-state index in [1.54, 1.807) is 0 Å². The van der Waals surface area contributed by atoms with E-state index in [2.05, 4.69) is 20.4 Å². The van der Waals surface area contributed by atoms with Gasteiger partial charge in [0.25, 0.3) is 0 Å². The summed E-state index contributed by atoms with van der Waals surface area (Å²) in [6.45, 7) is 6.11. The van der Waals surface area contributed by atoms with Crippen LogP contribution in [0.25, 0.3) is 0 Å². The number of hydrogen-bond donors (Lipinski definition) is 1. The number of nitrogens with one attached hydrogen (secondary N) is 1. The Morgan fingerprint density at radius 1 is 1.41 bits per heavy atom. The van der Waals surface area contributed by atoms with Gasteiger partial charge in [-0.3, -0.25) is 4.90 Å². The molecule has 0 aromatic carbocycles. The average molecular weight is 238 g/mol. The number of rotatable bonds is 5. The molecule has 5 nitrogen and oxygen atoms in total. The average Bonchev–Trinajstić information content (AvgIpc) is 2.74. The Morgan fingerprint density at radius 2 is 2.18 bits per heavy atom. The van der Waals surface area contributed by atoms with Crippen molar-refractivity contribution in [3.8, 4) is 0 Å². The fourth-order valence-electron chi connectivity index (χ4n) is 2.39. The minimum atomic E-state index is 0.656. The van der Waals surface area contributed by atoms with Crippen LogP contribution in [0.5, 0.6) is 0 Å². The van der Waals surface area contributed by atoms with Gasteiger partial charge in [0, 0.05) is 6.92 Å². The van der Waals surface area contributed by atoms with Crippen molar-refractivity contribution in [2.24, 2.45) is 5.92 Å². The van der Waals surface area contributed by atoms with Crippen molar-refractivity contribution in [2.75, 3.05) is 26.7 Å². The summed E-state index contributed by atoms with van der Waals surface area (Å²) in [4.78, 5) is 6.66. The highest BCUT2D eigenvalue weighted by molar-refractivity contribution is 4.85. The van der Waals surface area contributed by atoms with Gasteiger partial charge < -0.3 is 9.84 Å². The first-order valence-corrected chi connectivity index (χ1v) is 6.44. The van der Waals surface area contributed by atoms with Crippen LogP contribution >= 0.6 is 0 Å². The summed E-state index contributed by atoms with van der Waals surface area (Å²) in [5.74, 6) is 2.35. The van der Waals surface area contributed by atoms with E-state index >= 15 is 0 Å². The molecule has 1 N–H and O–H groups in total. The second kappa shape index (κ2) is 6.12. The van der Waals surface area contributed by atoms with Crippen molar-refractivity contribution in [2.45, 2.75) is 32.7 Å². The van der Waals surface area contributed by atoms with Gasteiger partial charge in [-0.25, -0.2) is 0 Å². The second-order valence-electron chi connectivity index (χ2n) is 4.84. The lowest BCUT2D eigenvalue weighted by molar-refractivity contribution is 0.167. The molecule has 0 saturated carbocycles. The normalized spacial score (nSPS) is 18.7. The summed E-state index contributed by atoms with van der Waals surface area (Å²) in [7, 11) is 2.02. The first-order chi connectivity index (χ1) is 8.28. The van der Waals surface area contributed by atoms with Crippen LogP contribution in [0.15, 0.2) is 4.52 Å². The van der Waals surface area contributed by atoms with Crippen molar-refractivity contribution >= 4 is 0 Å². The molecule has 1 aromatic rings. The van der Waals surface area contributed by atoms with Gasteiger partial charge in [0.15, 0.2) is 5.82 Å². The van der Waals surface area contributed by atoms with Gasteiger partial charge in [0.05, 0.1) is 6.54 Å². The van der Waals surface area contributed by atoms with E-state index in [1.165, 1.54) is 19.3 Å². The molecule has 2 rings (SSSR count). The molecule has 5 heteroatoms. The van der Waals surface area contributed by atoms with Crippen LogP contribution in [0.2, 0.25) is 0 Å². The number of nitrogens with zero attached hydrogens (tertiary/aromatic N) is 3. The van der Waals surface area contributed by atoms with Crippen LogP contribution in [0.3, 0.4) is 0 Å². The highest BCUT2D eigenvalue weighted by Crippen LogP contribution is 2.20. The molecule has 0 bridgehead atoms. The Balaban J connectivity index is 1.72. The predicted molar refractivity (Wildman–Crippen MR) is 65.6 cm³/mol. The lowest BCUT2D eigenvalue weighted by Crippen LogP contribution is -2.34. The zero-order valence-electron chi connectivity index (χ0n) is 10.8. The number of aryl methyl sites for hydroxylation is 1.